The van der Waals surface area contributed by atoms with Crippen molar-refractivity contribution >= 4 is 27.5 Å². The molecule has 33 heavy (non-hydrogen) atoms. The van der Waals surface area contributed by atoms with Gasteiger partial charge in [-0.3, -0.25) is 4.79 Å². The molecule has 174 valence electrons. The summed E-state index contributed by atoms with van der Waals surface area (Å²) in [5, 5.41) is 2.87. The molecule has 0 aromatic heterocycles. The lowest BCUT2D eigenvalue weighted by Gasteiger charge is -2.11. The third-order valence-electron chi connectivity index (χ3n) is 4.78. The van der Waals surface area contributed by atoms with Gasteiger partial charge in [0.05, 0.1) is 17.0 Å². The minimum Gasteiger partial charge on any atom is -0.497 e. The maximum Gasteiger partial charge on any atom is 0.257 e. The number of hydrogen-bond donors (Lipinski definition) is 2. The highest BCUT2D eigenvalue weighted by molar-refractivity contribution is 7.89. The largest absolute Gasteiger partial charge is 0.497 e. The van der Waals surface area contributed by atoms with Gasteiger partial charge in [0.2, 0.25) is 10.0 Å². The summed E-state index contributed by atoms with van der Waals surface area (Å²) in [5.41, 5.74) is 1.91. The number of hydrogen-bond acceptors (Lipinski definition) is 5. The lowest BCUT2D eigenvalue weighted by atomic mass is 10.1. The van der Waals surface area contributed by atoms with Crippen molar-refractivity contribution in [3.8, 4) is 11.5 Å². The Morgan fingerprint density at radius 3 is 2.36 bits per heavy atom. The number of carbonyl (C=O) groups is 1. The van der Waals surface area contributed by atoms with E-state index in [-0.39, 0.29) is 34.7 Å². The highest BCUT2D eigenvalue weighted by atomic mass is 35.5. The monoisotopic (exact) mass is 488 g/mol. The average molecular weight is 489 g/mol. The van der Waals surface area contributed by atoms with Crippen LogP contribution in [0.5, 0.6) is 11.5 Å². The molecule has 0 radical (unpaired) electrons. The van der Waals surface area contributed by atoms with Crippen LogP contribution in [0.4, 0.5) is 0 Å². The van der Waals surface area contributed by atoms with Crippen LogP contribution < -0.4 is 19.5 Å². The summed E-state index contributed by atoms with van der Waals surface area (Å²) in [7, 11) is -2.14. The highest BCUT2D eigenvalue weighted by Gasteiger charge is 2.16. The van der Waals surface area contributed by atoms with Crippen molar-refractivity contribution in [3.05, 3.63) is 88.9 Å². The van der Waals surface area contributed by atoms with Gasteiger partial charge in [-0.25, -0.2) is 13.1 Å². The maximum absolute atomic E-state index is 12.5. The van der Waals surface area contributed by atoms with Crippen molar-refractivity contribution in [3.63, 3.8) is 0 Å². The number of halogens is 1. The van der Waals surface area contributed by atoms with Crippen LogP contribution in [-0.2, 0) is 27.8 Å². The van der Waals surface area contributed by atoms with Crippen LogP contribution in [-0.4, -0.2) is 34.6 Å². The summed E-state index contributed by atoms with van der Waals surface area (Å²) >= 11 is 6.19. The van der Waals surface area contributed by atoms with Gasteiger partial charge in [0.15, 0.2) is 6.61 Å². The molecule has 3 rings (SSSR count). The predicted molar refractivity (Wildman–Crippen MR) is 127 cm³/mol. The van der Waals surface area contributed by atoms with E-state index in [1.54, 1.807) is 7.11 Å². The van der Waals surface area contributed by atoms with Crippen LogP contribution in [0.2, 0.25) is 5.02 Å². The van der Waals surface area contributed by atoms with Crippen molar-refractivity contribution in [2.24, 2.45) is 0 Å². The zero-order valence-electron chi connectivity index (χ0n) is 18.1. The molecule has 0 fully saturated rings. The molecule has 1 amide bonds. The molecule has 0 saturated carbocycles. The molecule has 3 aromatic carbocycles. The number of benzene rings is 3. The zero-order chi connectivity index (χ0) is 23.7. The summed E-state index contributed by atoms with van der Waals surface area (Å²) < 4.78 is 38.2. The Labute approximate surface area is 198 Å². The van der Waals surface area contributed by atoms with Crippen molar-refractivity contribution in [2.45, 2.75) is 17.9 Å². The van der Waals surface area contributed by atoms with E-state index in [0.717, 1.165) is 16.9 Å². The number of nitrogens with one attached hydrogen (secondary N) is 2. The van der Waals surface area contributed by atoms with E-state index in [4.69, 9.17) is 21.1 Å². The van der Waals surface area contributed by atoms with Crippen molar-refractivity contribution in [1.82, 2.24) is 10.0 Å². The van der Waals surface area contributed by atoms with Crippen molar-refractivity contribution in [1.29, 1.82) is 0 Å². The lowest BCUT2D eigenvalue weighted by Crippen LogP contribution is -2.30. The van der Waals surface area contributed by atoms with Gasteiger partial charge in [0.1, 0.15) is 11.5 Å². The number of methoxy groups -OCH3 is 1. The first-order chi connectivity index (χ1) is 15.9. The second-order valence-electron chi connectivity index (χ2n) is 7.14. The van der Waals surface area contributed by atoms with Gasteiger partial charge in [-0.1, -0.05) is 54.1 Å². The Kier molecular flexibility index (Phi) is 8.71. The minimum absolute atomic E-state index is 0.0136. The highest BCUT2D eigenvalue weighted by Crippen LogP contribution is 2.27. The molecule has 7 nitrogen and oxygen atoms in total. The Hall–Kier alpha value is -3.07. The Morgan fingerprint density at radius 2 is 1.70 bits per heavy atom. The molecule has 0 atom stereocenters. The van der Waals surface area contributed by atoms with E-state index in [9.17, 15) is 13.2 Å². The first-order valence-corrected chi connectivity index (χ1v) is 12.1. The van der Waals surface area contributed by atoms with Crippen LogP contribution in [0.15, 0.2) is 77.7 Å². The van der Waals surface area contributed by atoms with E-state index < -0.39 is 10.0 Å². The fraction of sp³-hybridized carbons (Fsp3) is 0.208. The second-order valence-corrected chi connectivity index (χ2v) is 9.31. The predicted octanol–water partition coefficient (Wildman–Crippen LogP) is 3.56. The van der Waals surface area contributed by atoms with Gasteiger partial charge in [-0.05, 0) is 47.9 Å². The third kappa shape index (κ3) is 7.49. The molecule has 2 N–H and O–H groups in total. The van der Waals surface area contributed by atoms with Crippen LogP contribution in [0, 0.1) is 0 Å². The van der Waals surface area contributed by atoms with Gasteiger partial charge in [-0.15, -0.1) is 0 Å². The topological polar surface area (TPSA) is 93.7 Å². The normalized spacial score (nSPS) is 11.1. The Morgan fingerprint density at radius 1 is 0.970 bits per heavy atom. The SMILES string of the molecule is COc1ccc(CCNC(=O)COc2ccc(S(=O)(=O)NCc3ccccc3)cc2Cl)cc1. The standard InChI is InChI=1S/C24H25ClN2O5S/c1-31-20-9-7-18(8-10-20)13-14-26-24(28)17-32-23-12-11-21(15-22(23)25)33(29,30)27-16-19-5-3-2-4-6-19/h2-12,15,27H,13-14,16-17H2,1H3,(H,26,28). The molecule has 0 heterocycles. The lowest BCUT2D eigenvalue weighted by molar-refractivity contribution is -0.123. The minimum atomic E-state index is -3.75. The molecule has 0 spiro atoms. The number of rotatable bonds is 11. The van der Waals surface area contributed by atoms with Gasteiger partial charge in [0.25, 0.3) is 5.91 Å². The molecule has 0 bridgehead atoms. The van der Waals surface area contributed by atoms with Gasteiger partial charge >= 0.3 is 0 Å². The second kappa shape index (κ2) is 11.7. The van der Waals surface area contributed by atoms with Crippen LogP contribution in [0.3, 0.4) is 0 Å². The Balaban J connectivity index is 1.47. The first-order valence-electron chi connectivity index (χ1n) is 10.2. The summed E-state index contributed by atoms with van der Waals surface area (Å²) in [5.74, 6) is 0.698. The van der Waals surface area contributed by atoms with E-state index in [1.807, 2.05) is 54.6 Å². The van der Waals surface area contributed by atoms with E-state index in [2.05, 4.69) is 10.0 Å². The fourth-order valence-corrected chi connectivity index (χ4v) is 4.30. The molecular weight excluding hydrogens is 464 g/mol. The molecule has 0 aliphatic heterocycles. The average Bonchev–Trinajstić information content (AvgIpc) is 2.83. The van der Waals surface area contributed by atoms with E-state index in [1.165, 1.54) is 18.2 Å². The summed E-state index contributed by atoms with van der Waals surface area (Å²) in [6.45, 7) is 0.378. The van der Waals surface area contributed by atoms with E-state index >= 15 is 0 Å². The number of carbonyl (C=O) groups excluding carboxylic acids is 1. The number of ether oxygens (including phenoxy) is 2. The fourth-order valence-electron chi connectivity index (χ4n) is 2.96. The molecule has 0 aliphatic rings. The summed E-state index contributed by atoms with van der Waals surface area (Å²) in [6, 6.07) is 20.9. The van der Waals surface area contributed by atoms with E-state index in [0.29, 0.717) is 13.0 Å². The molecular formula is C24H25ClN2O5S. The third-order valence-corrected chi connectivity index (χ3v) is 6.47. The molecule has 3 aromatic rings. The molecule has 9 heteroatoms. The molecule has 0 saturated heterocycles. The van der Waals surface area contributed by atoms with Crippen LogP contribution in [0.25, 0.3) is 0 Å². The van der Waals surface area contributed by atoms with Crippen molar-refractivity contribution < 1.29 is 22.7 Å². The Bertz CT molecular complexity index is 1170. The number of sulfonamides is 1. The first kappa shape index (κ1) is 24.6. The van der Waals surface area contributed by atoms with Gasteiger partial charge in [-0.2, -0.15) is 0 Å². The van der Waals surface area contributed by atoms with Crippen LogP contribution in [0.1, 0.15) is 11.1 Å². The summed E-state index contributed by atoms with van der Waals surface area (Å²) in [6.07, 6.45) is 0.666. The van der Waals surface area contributed by atoms with Crippen molar-refractivity contribution in [2.75, 3.05) is 20.3 Å². The quantitative estimate of drug-likeness (QED) is 0.430. The van der Waals surface area contributed by atoms with Gasteiger partial charge < -0.3 is 14.8 Å². The maximum atomic E-state index is 12.5. The zero-order valence-corrected chi connectivity index (χ0v) is 19.7. The van der Waals surface area contributed by atoms with Gasteiger partial charge in [0, 0.05) is 13.1 Å². The summed E-state index contributed by atoms with van der Waals surface area (Å²) in [4.78, 5) is 12.1. The van der Waals surface area contributed by atoms with Crippen LogP contribution >= 0.6 is 11.6 Å². The smallest absolute Gasteiger partial charge is 0.257 e. The molecule has 0 aliphatic carbocycles. The number of amides is 1. The molecule has 0 unspecified atom stereocenters.